The molecule has 13 heteroatoms. The third kappa shape index (κ3) is 9.16. The highest BCUT2D eigenvalue weighted by atomic mass is 16.5. The van der Waals surface area contributed by atoms with Gasteiger partial charge in [-0.2, -0.15) is 5.10 Å². The summed E-state index contributed by atoms with van der Waals surface area (Å²) in [7, 11) is 0. The van der Waals surface area contributed by atoms with E-state index < -0.39 is 29.4 Å². The molecular formula is C47H66N6O7. The normalized spacial score (nSPS) is 25.4. The van der Waals surface area contributed by atoms with E-state index in [-0.39, 0.29) is 53.0 Å². The van der Waals surface area contributed by atoms with Gasteiger partial charge in [-0.1, -0.05) is 64.5 Å². The third-order valence-electron chi connectivity index (χ3n) is 15.2. The molecule has 4 amide bonds. The first-order valence-corrected chi connectivity index (χ1v) is 22.9. The number of aromatic nitrogens is 2. The average Bonchev–Trinajstić information content (AvgIpc) is 3.53. The zero-order chi connectivity index (χ0) is 42.2. The zero-order valence-corrected chi connectivity index (χ0v) is 36.0. The number of nitrogens with zero attached hydrogens (tertiary/aromatic N) is 5. The van der Waals surface area contributed by atoms with Gasteiger partial charge in [-0.3, -0.25) is 23.9 Å². The van der Waals surface area contributed by atoms with Gasteiger partial charge in [-0.15, -0.1) is 0 Å². The number of piperidine rings is 1. The Balaban J connectivity index is 0.980. The van der Waals surface area contributed by atoms with Gasteiger partial charge in [-0.25, -0.2) is 4.79 Å². The summed E-state index contributed by atoms with van der Waals surface area (Å²) in [4.78, 5) is 74.0. The van der Waals surface area contributed by atoms with Crippen LogP contribution < -0.4 is 5.32 Å². The monoisotopic (exact) mass is 826 g/mol. The van der Waals surface area contributed by atoms with Crippen LogP contribution >= 0.6 is 0 Å². The summed E-state index contributed by atoms with van der Waals surface area (Å²) >= 11 is 0. The van der Waals surface area contributed by atoms with E-state index in [1.807, 2.05) is 39.7 Å². The number of hydrogen-bond donors (Lipinski definition) is 2. The van der Waals surface area contributed by atoms with Crippen LogP contribution in [0.5, 0.6) is 0 Å². The van der Waals surface area contributed by atoms with E-state index >= 15 is 0 Å². The van der Waals surface area contributed by atoms with Crippen LogP contribution in [-0.4, -0.2) is 117 Å². The number of amides is 4. The number of aromatic carboxylic acids is 1. The van der Waals surface area contributed by atoms with Crippen molar-refractivity contribution in [2.24, 2.45) is 34.5 Å². The topological polar surface area (TPSA) is 154 Å². The summed E-state index contributed by atoms with van der Waals surface area (Å²) < 4.78 is 8.36. The molecule has 8 rings (SSSR count). The molecule has 3 saturated heterocycles. The molecule has 3 aliphatic heterocycles. The number of carbonyl (C=O) groups is 5. The van der Waals surface area contributed by atoms with Crippen LogP contribution in [0.2, 0.25) is 0 Å². The number of carbonyl (C=O) groups excluding carboxylic acids is 4. The van der Waals surface area contributed by atoms with Crippen molar-refractivity contribution in [1.29, 1.82) is 0 Å². The van der Waals surface area contributed by atoms with Gasteiger partial charge in [0.2, 0.25) is 17.7 Å². The van der Waals surface area contributed by atoms with Gasteiger partial charge in [0, 0.05) is 69.9 Å². The Morgan fingerprint density at radius 1 is 0.817 bits per heavy atom. The lowest BCUT2D eigenvalue weighted by Gasteiger charge is -2.50. The average molecular weight is 827 g/mol. The van der Waals surface area contributed by atoms with Gasteiger partial charge < -0.3 is 29.9 Å². The molecule has 0 bridgehead atoms. The highest BCUT2D eigenvalue weighted by Crippen LogP contribution is 2.54. The van der Waals surface area contributed by atoms with Crippen molar-refractivity contribution in [1.82, 2.24) is 29.8 Å². The second-order valence-corrected chi connectivity index (χ2v) is 20.1. The van der Waals surface area contributed by atoms with Crippen molar-refractivity contribution >= 4 is 29.6 Å². The van der Waals surface area contributed by atoms with Crippen LogP contribution in [-0.2, 0) is 25.7 Å². The van der Waals surface area contributed by atoms with E-state index in [0.717, 1.165) is 44.2 Å². The molecule has 2 N–H and O–H groups in total. The minimum absolute atomic E-state index is 0.0197. The number of ether oxygens (including phenoxy) is 1. The molecule has 4 atom stereocenters. The first-order valence-electron chi connectivity index (χ1n) is 22.9. The Morgan fingerprint density at radius 2 is 1.43 bits per heavy atom. The summed E-state index contributed by atoms with van der Waals surface area (Å²) in [5, 5.41) is 17.1. The number of carboxylic acids is 1. The highest BCUT2D eigenvalue weighted by molar-refractivity contribution is 5.96. The maximum Gasteiger partial charge on any atom is 0.335 e. The minimum Gasteiger partial charge on any atom is -0.478 e. The zero-order valence-electron chi connectivity index (χ0n) is 36.0. The number of rotatable bonds is 13. The summed E-state index contributed by atoms with van der Waals surface area (Å²) in [5.41, 5.74) is 1.17. The van der Waals surface area contributed by atoms with Crippen molar-refractivity contribution in [3.63, 3.8) is 0 Å². The number of carboxylic acid groups (broad SMARTS) is 1. The Kier molecular flexibility index (Phi) is 12.5. The largest absolute Gasteiger partial charge is 0.478 e. The molecule has 1 aromatic heterocycles. The number of likely N-dealkylation sites (tertiary alicyclic amines) is 3. The second kappa shape index (κ2) is 17.6. The summed E-state index contributed by atoms with van der Waals surface area (Å²) in [6.45, 7) is 9.79. The Morgan fingerprint density at radius 3 is 2.05 bits per heavy atom. The molecule has 6 aliphatic rings. The van der Waals surface area contributed by atoms with Gasteiger partial charge in [0.05, 0.1) is 29.3 Å². The SMILES string of the molecule is C[C@@H](OCC1CCCCC1)[C@H](NC(=O)[C@@H]1CN(C(=O)c2cnn(CC3CCCCC3)c2)CC12CN(C(=O)[C@H]1CC1(C)C)C2)C(=O)N1CCC(c2ccc(C(=O)O)cc2)CC1. The third-order valence-corrected chi connectivity index (χ3v) is 15.2. The smallest absolute Gasteiger partial charge is 0.335 e. The van der Waals surface area contributed by atoms with E-state index in [2.05, 4.69) is 24.3 Å². The van der Waals surface area contributed by atoms with Crippen LogP contribution in [0, 0.1) is 34.5 Å². The fourth-order valence-corrected chi connectivity index (χ4v) is 11.1. The van der Waals surface area contributed by atoms with Gasteiger partial charge in [0.25, 0.3) is 5.91 Å². The highest BCUT2D eigenvalue weighted by Gasteiger charge is 2.62. The molecule has 0 radical (unpaired) electrons. The van der Waals surface area contributed by atoms with E-state index in [9.17, 15) is 29.1 Å². The van der Waals surface area contributed by atoms with E-state index in [1.165, 1.54) is 51.4 Å². The van der Waals surface area contributed by atoms with Crippen LogP contribution in [0.15, 0.2) is 36.7 Å². The van der Waals surface area contributed by atoms with Crippen LogP contribution in [0.1, 0.15) is 136 Å². The molecule has 4 heterocycles. The fourth-order valence-electron chi connectivity index (χ4n) is 11.1. The summed E-state index contributed by atoms with van der Waals surface area (Å²) in [6.07, 6.45) is 17.1. The molecule has 3 aliphatic carbocycles. The number of benzene rings is 1. The van der Waals surface area contributed by atoms with Crippen molar-refractivity contribution in [3.05, 3.63) is 53.3 Å². The van der Waals surface area contributed by atoms with Crippen molar-refractivity contribution in [2.75, 3.05) is 45.9 Å². The lowest BCUT2D eigenvalue weighted by Crippen LogP contribution is -2.65. The minimum atomic E-state index is -0.958. The molecule has 2 aromatic rings. The summed E-state index contributed by atoms with van der Waals surface area (Å²) in [6, 6.07) is 6.08. The molecule has 1 spiro atoms. The van der Waals surface area contributed by atoms with E-state index in [0.29, 0.717) is 56.7 Å². The van der Waals surface area contributed by atoms with E-state index in [4.69, 9.17) is 4.74 Å². The summed E-state index contributed by atoms with van der Waals surface area (Å²) in [5.74, 6) is -0.907. The van der Waals surface area contributed by atoms with Crippen molar-refractivity contribution in [2.45, 2.75) is 129 Å². The quantitative estimate of drug-likeness (QED) is 0.250. The van der Waals surface area contributed by atoms with Crippen LogP contribution in [0.4, 0.5) is 0 Å². The molecule has 3 saturated carbocycles. The van der Waals surface area contributed by atoms with Gasteiger partial charge in [0.1, 0.15) is 6.04 Å². The molecule has 6 fully saturated rings. The standard InChI is InChI=1S/C47H66N6O7/c1-31(60-27-33-12-8-5-9-13-33)40(44(57)50-20-18-35(19-21-50)34-14-16-36(17-15-34)45(58)59)49-41(54)39-26-51(28-47(39)29-52(30-47)43(56)38-22-46(38,2)3)42(55)37-23-48-53(25-37)24-32-10-6-4-7-11-32/h14-17,23,25,31-33,35,38-40H,4-13,18-22,24,26-30H2,1-3H3,(H,49,54)(H,58,59)/t31-,38-,39+,40+/m1/s1. The van der Waals surface area contributed by atoms with Gasteiger partial charge >= 0.3 is 5.97 Å². The Labute approximate surface area is 354 Å². The van der Waals surface area contributed by atoms with Crippen LogP contribution in [0.25, 0.3) is 0 Å². The maximum absolute atomic E-state index is 14.8. The molecular weight excluding hydrogens is 761 g/mol. The molecule has 60 heavy (non-hydrogen) atoms. The fraction of sp³-hybridized carbons (Fsp3) is 0.702. The van der Waals surface area contributed by atoms with Crippen molar-refractivity contribution in [3.8, 4) is 0 Å². The predicted molar refractivity (Wildman–Crippen MR) is 225 cm³/mol. The van der Waals surface area contributed by atoms with Gasteiger partial charge in [0.15, 0.2) is 0 Å². The van der Waals surface area contributed by atoms with Crippen LogP contribution in [0.3, 0.4) is 0 Å². The lowest BCUT2D eigenvalue weighted by molar-refractivity contribution is -0.153. The number of nitrogens with one attached hydrogen (secondary N) is 1. The molecule has 1 aromatic carbocycles. The maximum atomic E-state index is 14.8. The lowest BCUT2D eigenvalue weighted by atomic mass is 9.70. The van der Waals surface area contributed by atoms with Gasteiger partial charge in [-0.05, 0) is 92.7 Å². The first kappa shape index (κ1) is 42.4. The Bertz CT molecular complexity index is 1880. The van der Waals surface area contributed by atoms with Crippen molar-refractivity contribution < 1.29 is 33.8 Å². The molecule has 326 valence electrons. The molecule has 0 unspecified atom stereocenters. The number of hydrogen-bond acceptors (Lipinski definition) is 7. The Hall–Kier alpha value is -4.26. The second-order valence-electron chi connectivity index (χ2n) is 20.1. The first-order chi connectivity index (χ1) is 28.8. The predicted octanol–water partition coefficient (Wildman–Crippen LogP) is 5.98. The van der Waals surface area contributed by atoms with E-state index in [1.54, 1.807) is 23.2 Å². The molecule has 13 nitrogen and oxygen atoms in total.